The molecule has 0 saturated carbocycles. The van der Waals surface area contributed by atoms with Gasteiger partial charge in [0.1, 0.15) is 6.10 Å². The van der Waals surface area contributed by atoms with Gasteiger partial charge in [-0.2, -0.15) is 0 Å². The summed E-state index contributed by atoms with van der Waals surface area (Å²) >= 11 is 0. The SMILES string of the molecule is CCCCCCCCCC[C@H](O)[C@H]1CC[C@H]([C@H]2CC[C@H]([C@H](O)CO)O2)O1. The van der Waals surface area contributed by atoms with E-state index < -0.39 is 6.10 Å². The topological polar surface area (TPSA) is 79.2 Å². The van der Waals surface area contributed by atoms with E-state index in [-0.39, 0.29) is 37.1 Å². The van der Waals surface area contributed by atoms with Crippen LogP contribution >= 0.6 is 0 Å². The van der Waals surface area contributed by atoms with Gasteiger partial charge in [0.15, 0.2) is 0 Å². The molecule has 2 heterocycles. The van der Waals surface area contributed by atoms with Crippen molar-refractivity contribution in [2.24, 2.45) is 0 Å². The van der Waals surface area contributed by atoms with Crippen molar-refractivity contribution in [3.8, 4) is 0 Å². The average molecular weight is 373 g/mol. The summed E-state index contributed by atoms with van der Waals surface area (Å²) < 4.78 is 11.9. The van der Waals surface area contributed by atoms with E-state index in [1.165, 1.54) is 44.9 Å². The van der Waals surface area contributed by atoms with Crippen molar-refractivity contribution in [3.05, 3.63) is 0 Å². The summed E-state index contributed by atoms with van der Waals surface area (Å²) in [6.45, 7) is 1.98. The first-order chi connectivity index (χ1) is 12.7. The molecule has 2 rings (SSSR count). The quantitative estimate of drug-likeness (QED) is 0.432. The van der Waals surface area contributed by atoms with Crippen molar-refractivity contribution in [3.63, 3.8) is 0 Å². The maximum absolute atomic E-state index is 10.4. The van der Waals surface area contributed by atoms with Crippen molar-refractivity contribution < 1.29 is 24.8 Å². The lowest BCUT2D eigenvalue weighted by Crippen LogP contribution is -2.34. The van der Waals surface area contributed by atoms with E-state index in [4.69, 9.17) is 14.6 Å². The zero-order chi connectivity index (χ0) is 18.8. The molecule has 0 aromatic carbocycles. The molecule has 5 nitrogen and oxygen atoms in total. The number of hydrogen-bond donors (Lipinski definition) is 3. The molecule has 3 N–H and O–H groups in total. The van der Waals surface area contributed by atoms with E-state index in [2.05, 4.69) is 6.92 Å². The Kier molecular flexibility index (Phi) is 10.4. The molecule has 0 aromatic rings. The standard InChI is InChI=1S/C21H40O5/c1-2-3-4-5-6-7-8-9-10-16(23)18-11-13-20(25-18)21-14-12-19(26-21)17(24)15-22/h16-24H,2-15H2,1H3/t16-,17+,18+,19+,20+,21+/m0/s1. The fourth-order valence-corrected chi connectivity index (χ4v) is 4.28. The van der Waals surface area contributed by atoms with Crippen LogP contribution in [0.25, 0.3) is 0 Å². The molecule has 2 aliphatic heterocycles. The molecule has 0 aliphatic carbocycles. The third-order valence-electron chi connectivity index (χ3n) is 5.98. The molecule has 2 fully saturated rings. The number of ether oxygens (including phenoxy) is 2. The van der Waals surface area contributed by atoms with Crippen LogP contribution in [0.4, 0.5) is 0 Å². The molecule has 5 heteroatoms. The van der Waals surface area contributed by atoms with Gasteiger partial charge in [0.05, 0.1) is 37.1 Å². The van der Waals surface area contributed by atoms with Gasteiger partial charge >= 0.3 is 0 Å². The summed E-state index contributed by atoms with van der Waals surface area (Å²) in [5, 5.41) is 29.2. The highest BCUT2D eigenvalue weighted by Crippen LogP contribution is 2.33. The minimum absolute atomic E-state index is 0.0125. The summed E-state index contributed by atoms with van der Waals surface area (Å²) in [6.07, 6.45) is 12.9. The highest BCUT2D eigenvalue weighted by atomic mass is 16.6. The summed E-state index contributed by atoms with van der Waals surface area (Å²) in [7, 11) is 0. The van der Waals surface area contributed by atoms with E-state index in [0.717, 1.165) is 38.5 Å². The second kappa shape index (κ2) is 12.3. The number of rotatable bonds is 13. The van der Waals surface area contributed by atoms with E-state index in [1.54, 1.807) is 0 Å². The lowest BCUT2D eigenvalue weighted by atomic mass is 10.0. The predicted molar refractivity (Wildman–Crippen MR) is 102 cm³/mol. The van der Waals surface area contributed by atoms with E-state index in [1.807, 2.05) is 0 Å². The molecule has 154 valence electrons. The van der Waals surface area contributed by atoms with Gasteiger partial charge in [0.25, 0.3) is 0 Å². The average Bonchev–Trinajstić information content (AvgIpc) is 3.32. The van der Waals surface area contributed by atoms with Gasteiger partial charge in [-0.25, -0.2) is 0 Å². The molecule has 2 saturated heterocycles. The number of hydrogen-bond acceptors (Lipinski definition) is 5. The van der Waals surface area contributed by atoms with E-state index in [9.17, 15) is 10.2 Å². The predicted octanol–water partition coefficient (Wildman–Crippen LogP) is 3.33. The Labute approximate surface area is 159 Å². The van der Waals surface area contributed by atoms with Crippen LogP contribution in [0.2, 0.25) is 0 Å². The molecule has 2 aliphatic rings. The molecule has 0 amide bonds. The Morgan fingerprint density at radius 2 is 1.23 bits per heavy atom. The number of unbranched alkanes of at least 4 members (excludes halogenated alkanes) is 7. The fraction of sp³-hybridized carbons (Fsp3) is 1.00. The molecule has 0 spiro atoms. The lowest BCUT2D eigenvalue weighted by molar-refractivity contribution is -0.114. The third kappa shape index (κ3) is 7.08. The molecule has 0 bridgehead atoms. The molecule has 0 unspecified atom stereocenters. The summed E-state index contributed by atoms with van der Waals surface area (Å²) in [4.78, 5) is 0. The van der Waals surface area contributed by atoms with Gasteiger partial charge < -0.3 is 24.8 Å². The Bertz CT molecular complexity index is 364. The van der Waals surface area contributed by atoms with Crippen LogP contribution in [0.5, 0.6) is 0 Å². The summed E-state index contributed by atoms with van der Waals surface area (Å²) in [5.74, 6) is 0. The number of aliphatic hydroxyl groups is 3. The zero-order valence-corrected chi connectivity index (χ0v) is 16.5. The van der Waals surface area contributed by atoms with E-state index in [0.29, 0.717) is 0 Å². The Morgan fingerprint density at radius 1 is 0.731 bits per heavy atom. The minimum Gasteiger partial charge on any atom is -0.394 e. The largest absolute Gasteiger partial charge is 0.394 e. The van der Waals surface area contributed by atoms with Crippen LogP contribution in [0.1, 0.15) is 90.4 Å². The van der Waals surface area contributed by atoms with Crippen LogP contribution in [-0.4, -0.2) is 58.6 Å². The second-order valence-electron chi connectivity index (χ2n) is 8.16. The maximum Gasteiger partial charge on any atom is 0.103 e. The molecular weight excluding hydrogens is 332 g/mol. The molecule has 0 radical (unpaired) electrons. The Balaban J connectivity index is 1.55. The molecule has 6 atom stereocenters. The third-order valence-corrected chi connectivity index (χ3v) is 5.98. The maximum atomic E-state index is 10.4. The van der Waals surface area contributed by atoms with Gasteiger partial charge in [-0.3, -0.25) is 0 Å². The Hall–Kier alpha value is -0.200. The monoisotopic (exact) mass is 372 g/mol. The minimum atomic E-state index is -0.801. The number of aliphatic hydroxyl groups excluding tert-OH is 3. The molecular formula is C21H40O5. The van der Waals surface area contributed by atoms with E-state index >= 15 is 0 Å². The highest BCUT2D eigenvalue weighted by Gasteiger charge is 2.40. The van der Waals surface area contributed by atoms with Gasteiger partial charge in [-0.05, 0) is 32.1 Å². The zero-order valence-electron chi connectivity index (χ0n) is 16.5. The van der Waals surface area contributed by atoms with Crippen molar-refractivity contribution >= 4 is 0 Å². The highest BCUT2D eigenvalue weighted by molar-refractivity contribution is 4.89. The summed E-state index contributed by atoms with van der Waals surface area (Å²) in [6, 6.07) is 0. The molecule has 26 heavy (non-hydrogen) atoms. The van der Waals surface area contributed by atoms with Crippen LogP contribution in [0.3, 0.4) is 0 Å². The first-order valence-electron chi connectivity index (χ1n) is 10.9. The second-order valence-corrected chi connectivity index (χ2v) is 8.16. The smallest absolute Gasteiger partial charge is 0.103 e. The van der Waals surface area contributed by atoms with Crippen molar-refractivity contribution in [2.45, 2.75) is 127 Å². The first-order valence-corrected chi connectivity index (χ1v) is 10.9. The first kappa shape index (κ1) is 22.1. The fourth-order valence-electron chi connectivity index (χ4n) is 4.28. The van der Waals surface area contributed by atoms with Gasteiger partial charge in [0.2, 0.25) is 0 Å². The van der Waals surface area contributed by atoms with Crippen LogP contribution in [0.15, 0.2) is 0 Å². The lowest BCUT2D eigenvalue weighted by Gasteiger charge is -2.23. The molecule has 0 aromatic heterocycles. The summed E-state index contributed by atoms with van der Waals surface area (Å²) in [5.41, 5.74) is 0. The van der Waals surface area contributed by atoms with Crippen molar-refractivity contribution in [1.82, 2.24) is 0 Å². The van der Waals surface area contributed by atoms with Gasteiger partial charge in [0, 0.05) is 0 Å². The van der Waals surface area contributed by atoms with Gasteiger partial charge in [-0.1, -0.05) is 58.3 Å². The van der Waals surface area contributed by atoms with Crippen LogP contribution in [0, 0.1) is 0 Å². The van der Waals surface area contributed by atoms with Crippen molar-refractivity contribution in [1.29, 1.82) is 0 Å². The van der Waals surface area contributed by atoms with Crippen LogP contribution in [-0.2, 0) is 9.47 Å². The van der Waals surface area contributed by atoms with Crippen molar-refractivity contribution in [2.75, 3.05) is 6.61 Å². The van der Waals surface area contributed by atoms with Crippen LogP contribution < -0.4 is 0 Å². The van der Waals surface area contributed by atoms with Gasteiger partial charge in [-0.15, -0.1) is 0 Å². The normalized spacial score (nSPS) is 31.4. The Morgan fingerprint density at radius 3 is 1.77 bits per heavy atom.